The molecule has 0 bridgehead atoms. The van der Waals surface area contributed by atoms with Crippen molar-refractivity contribution in [2.24, 2.45) is 5.92 Å². The molecular formula is C24H30N4O3. The van der Waals surface area contributed by atoms with Gasteiger partial charge < -0.3 is 19.9 Å². The van der Waals surface area contributed by atoms with E-state index in [0.29, 0.717) is 19.6 Å². The van der Waals surface area contributed by atoms with Crippen molar-refractivity contribution in [1.82, 2.24) is 14.9 Å². The Morgan fingerprint density at radius 1 is 1.10 bits per heavy atom. The molecule has 0 aliphatic heterocycles. The zero-order chi connectivity index (χ0) is 22.2. The number of fused-ring (bicyclic) bond motifs is 1. The number of aryl methyl sites for hydroxylation is 1. The summed E-state index contributed by atoms with van der Waals surface area (Å²) in [5.41, 5.74) is 2.50. The van der Waals surface area contributed by atoms with Gasteiger partial charge in [-0.05, 0) is 49.7 Å². The molecule has 1 aromatic heterocycles. The van der Waals surface area contributed by atoms with Crippen LogP contribution in [0.15, 0.2) is 48.5 Å². The summed E-state index contributed by atoms with van der Waals surface area (Å²) in [5.74, 6) is 1.50. The maximum Gasteiger partial charge on any atom is 0.244 e. The number of ether oxygens (including phenoxy) is 1. The van der Waals surface area contributed by atoms with E-state index in [1.54, 1.807) is 0 Å². The van der Waals surface area contributed by atoms with Crippen molar-refractivity contribution in [2.75, 3.05) is 18.5 Å². The quantitative estimate of drug-likeness (QED) is 0.487. The molecule has 164 valence electrons. The molecule has 0 fully saturated rings. The van der Waals surface area contributed by atoms with Crippen LogP contribution in [-0.2, 0) is 22.6 Å². The maximum atomic E-state index is 12.7. The minimum absolute atomic E-state index is 0.0316. The monoisotopic (exact) mass is 422 g/mol. The van der Waals surface area contributed by atoms with E-state index in [4.69, 9.17) is 9.72 Å². The highest BCUT2D eigenvalue weighted by Gasteiger charge is 2.14. The van der Waals surface area contributed by atoms with Crippen molar-refractivity contribution in [3.8, 4) is 5.75 Å². The Labute approximate surface area is 182 Å². The number of anilines is 1. The van der Waals surface area contributed by atoms with Crippen LogP contribution in [-0.4, -0.2) is 34.5 Å². The molecule has 0 radical (unpaired) electrons. The van der Waals surface area contributed by atoms with Gasteiger partial charge in [-0.15, -0.1) is 0 Å². The first-order chi connectivity index (χ1) is 15.0. The van der Waals surface area contributed by atoms with Gasteiger partial charge in [0.05, 0.1) is 17.6 Å². The molecule has 0 unspecified atom stereocenters. The average molecular weight is 423 g/mol. The molecule has 31 heavy (non-hydrogen) atoms. The number of hydrogen-bond acceptors (Lipinski definition) is 4. The van der Waals surface area contributed by atoms with Crippen LogP contribution in [0.1, 0.15) is 33.0 Å². The molecule has 2 N–H and O–H groups in total. The number of imidazole rings is 1. The Bertz CT molecular complexity index is 1020. The Hall–Kier alpha value is -3.35. The van der Waals surface area contributed by atoms with Crippen molar-refractivity contribution in [3.05, 3.63) is 54.4 Å². The van der Waals surface area contributed by atoms with E-state index in [1.807, 2.05) is 73.9 Å². The van der Waals surface area contributed by atoms with Gasteiger partial charge in [-0.3, -0.25) is 9.59 Å². The zero-order valence-corrected chi connectivity index (χ0v) is 18.4. The first kappa shape index (κ1) is 22.3. The van der Waals surface area contributed by atoms with E-state index in [2.05, 4.69) is 10.6 Å². The molecule has 2 aromatic carbocycles. The van der Waals surface area contributed by atoms with Gasteiger partial charge in [-0.1, -0.05) is 26.0 Å². The van der Waals surface area contributed by atoms with Crippen molar-refractivity contribution in [2.45, 2.75) is 40.2 Å². The zero-order valence-electron chi connectivity index (χ0n) is 18.4. The average Bonchev–Trinajstić information content (AvgIpc) is 3.10. The number of aromatic nitrogens is 2. The third kappa shape index (κ3) is 6.07. The summed E-state index contributed by atoms with van der Waals surface area (Å²) in [6, 6.07) is 15.1. The highest BCUT2D eigenvalue weighted by molar-refractivity contribution is 5.91. The summed E-state index contributed by atoms with van der Waals surface area (Å²) in [6.45, 7) is 7.03. The molecule has 0 aliphatic rings. The molecule has 3 rings (SSSR count). The van der Waals surface area contributed by atoms with E-state index in [1.165, 1.54) is 0 Å². The predicted octanol–water partition coefficient (Wildman–Crippen LogP) is 3.78. The lowest BCUT2D eigenvalue weighted by molar-refractivity contribution is -0.124. The fourth-order valence-corrected chi connectivity index (χ4v) is 3.30. The SMILES string of the molecule is CCOc1ccc(NC(=O)Cn2c(CCCNC(=O)C(C)C)nc3ccccc32)cc1. The molecule has 2 amide bonds. The highest BCUT2D eigenvalue weighted by atomic mass is 16.5. The Morgan fingerprint density at radius 2 is 1.84 bits per heavy atom. The normalized spacial score (nSPS) is 11.0. The number of nitrogens with zero attached hydrogens (tertiary/aromatic N) is 2. The number of carbonyl (C=O) groups excluding carboxylic acids is 2. The van der Waals surface area contributed by atoms with Gasteiger partial charge in [0.15, 0.2) is 0 Å². The van der Waals surface area contributed by atoms with Gasteiger partial charge in [-0.25, -0.2) is 4.98 Å². The second-order valence-electron chi connectivity index (χ2n) is 7.66. The number of nitrogens with one attached hydrogen (secondary N) is 2. The van der Waals surface area contributed by atoms with Crippen molar-refractivity contribution in [1.29, 1.82) is 0 Å². The van der Waals surface area contributed by atoms with Crippen LogP contribution in [0.25, 0.3) is 11.0 Å². The second kappa shape index (κ2) is 10.6. The molecule has 0 atom stereocenters. The lowest BCUT2D eigenvalue weighted by atomic mass is 10.2. The lowest BCUT2D eigenvalue weighted by Crippen LogP contribution is -2.29. The van der Waals surface area contributed by atoms with Gasteiger partial charge in [-0.2, -0.15) is 0 Å². The van der Waals surface area contributed by atoms with E-state index in [-0.39, 0.29) is 24.3 Å². The summed E-state index contributed by atoms with van der Waals surface area (Å²) in [7, 11) is 0. The van der Waals surface area contributed by atoms with Gasteiger partial charge in [0.2, 0.25) is 11.8 Å². The molecule has 3 aromatic rings. The summed E-state index contributed by atoms with van der Waals surface area (Å²) in [5, 5.41) is 5.86. The molecule has 0 aliphatic carbocycles. The van der Waals surface area contributed by atoms with Gasteiger partial charge in [0, 0.05) is 24.6 Å². The smallest absolute Gasteiger partial charge is 0.244 e. The third-order valence-electron chi connectivity index (χ3n) is 4.89. The minimum Gasteiger partial charge on any atom is -0.494 e. The second-order valence-corrected chi connectivity index (χ2v) is 7.66. The number of hydrogen-bond donors (Lipinski definition) is 2. The van der Waals surface area contributed by atoms with Crippen LogP contribution in [0.5, 0.6) is 5.75 Å². The van der Waals surface area contributed by atoms with Gasteiger partial charge >= 0.3 is 0 Å². The molecule has 0 spiro atoms. The van der Waals surface area contributed by atoms with E-state index >= 15 is 0 Å². The predicted molar refractivity (Wildman–Crippen MR) is 122 cm³/mol. The first-order valence-corrected chi connectivity index (χ1v) is 10.7. The number of rotatable bonds is 10. The van der Waals surface area contributed by atoms with Crippen molar-refractivity contribution >= 4 is 28.5 Å². The third-order valence-corrected chi connectivity index (χ3v) is 4.89. The van der Waals surface area contributed by atoms with Gasteiger partial charge in [0.25, 0.3) is 0 Å². The number of amides is 2. The van der Waals surface area contributed by atoms with E-state index in [9.17, 15) is 9.59 Å². The van der Waals surface area contributed by atoms with Crippen LogP contribution in [0.3, 0.4) is 0 Å². The van der Waals surface area contributed by atoms with Crippen LogP contribution >= 0.6 is 0 Å². The summed E-state index contributed by atoms with van der Waals surface area (Å²) in [4.78, 5) is 29.2. The first-order valence-electron chi connectivity index (χ1n) is 10.7. The van der Waals surface area contributed by atoms with Crippen LogP contribution in [0, 0.1) is 5.92 Å². The number of carbonyl (C=O) groups is 2. The van der Waals surface area contributed by atoms with E-state index < -0.39 is 0 Å². The summed E-state index contributed by atoms with van der Waals surface area (Å²) >= 11 is 0. The molecule has 7 nitrogen and oxygen atoms in total. The van der Waals surface area contributed by atoms with Crippen LogP contribution in [0.4, 0.5) is 5.69 Å². The van der Waals surface area contributed by atoms with Crippen LogP contribution < -0.4 is 15.4 Å². The Balaban J connectivity index is 1.67. The van der Waals surface area contributed by atoms with E-state index in [0.717, 1.165) is 34.7 Å². The highest BCUT2D eigenvalue weighted by Crippen LogP contribution is 2.19. The standard InChI is InChI=1S/C24H30N4O3/c1-4-31-19-13-11-18(12-14-19)26-23(29)16-28-21-9-6-5-8-20(21)27-22(28)10-7-15-25-24(30)17(2)3/h5-6,8-9,11-14,17H,4,7,10,15-16H2,1-3H3,(H,25,30)(H,26,29). The maximum absolute atomic E-state index is 12.7. The topological polar surface area (TPSA) is 85.2 Å². The summed E-state index contributed by atoms with van der Waals surface area (Å²) < 4.78 is 7.39. The molecule has 0 saturated carbocycles. The minimum atomic E-state index is -0.123. The molecule has 0 saturated heterocycles. The number of para-hydroxylation sites is 2. The largest absolute Gasteiger partial charge is 0.494 e. The van der Waals surface area contributed by atoms with Crippen molar-refractivity contribution < 1.29 is 14.3 Å². The fourth-order valence-electron chi connectivity index (χ4n) is 3.30. The number of benzene rings is 2. The van der Waals surface area contributed by atoms with Crippen molar-refractivity contribution in [3.63, 3.8) is 0 Å². The van der Waals surface area contributed by atoms with Gasteiger partial charge in [0.1, 0.15) is 18.1 Å². The Kier molecular flexibility index (Phi) is 7.65. The molecule has 7 heteroatoms. The molecular weight excluding hydrogens is 392 g/mol. The summed E-state index contributed by atoms with van der Waals surface area (Å²) in [6.07, 6.45) is 1.42. The lowest BCUT2D eigenvalue weighted by Gasteiger charge is -2.11. The Morgan fingerprint density at radius 3 is 2.55 bits per heavy atom. The molecule has 1 heterocycles. The van der Waals surface area contributed by atoms with Crippen LogP contribution in [0.2, 0.25) is 0 Å². The fraction of sp³-hybridized carbons (Fsp3) is 0.375.